The van der Waals surface area contributed by atoms with E-state index >= 15 is 0 Å². The highest BCUT2D eigenvalue weighted by Crippen LogP contribution is 2.24. The molecule has 0 radical (unpaired) electrons. The summed E-state index contributed by atoms with van der Waals surface area (Å²) in [7, 11) is 0. The lowest BCUT2D eigenvalue weighted by Gasteiger charge is -2.18. The van der Waals surface area contributed by atoms with Crippen LogP contribution >= 0.6 is 0 Å². The molecule has 0 spiro atoms. The standard InChI is InChI=1S/C13H23NO/c14-12-6-1-4-11(10-12)5-2-7-13-8-3-9-15-13/h10,12-13H,1-9,14H2. The maximum absolute atomic E-state index is 5.92. The first-order valence-corrected chi connectivity index (χ1v) is 6.41. The monoisotopic (exact) mass is 209 g/mol. The maximum atomic E-state index is 5.92. The first kappa shape index (κ1) is 11.2. The SMILES string of the molecule is NC1C=C(CCCC2CCCO2)CCC1. The van der Waals surface area contributed by atoms with E-state index in [1.165, 1.54) is 51.4 Å². The van der Waals surface area contributed by atoms with Crippen LogP contribution in [0.2, 0.25) is 0 Å². The Balaban J connectivity index is 1.64. The van der Waals surface area contributed by atoms with Gasteiger partial charge in [-0.25, -0.2) is 0 Å². The number of rotatable bonds is 4. The van der Waals surface area contributed by atoms with Gasteiger partial charge in [-0.05, 0) is 51.4 Å². The van der Waals surface area contributed by atoms with Gasteiger partial charge in [0.15, 0.2) is 0 Å². The van der Waals surface area contributed by atoms with Crippen molar-refractivity contribution in [1.29, 1.82) is 0 Å². The van der Waals surface area contributed by atoms with Gasteiger partial charge in [0.1, 0.15) is 0 Å². The van der Waals surface area contributed by atoms with Crippen LogP contribution < -0.4 is 5.73 Å². The molecular formula is C13H23NO. The Labute approximate surface area is 92.9 Å². The van der Waals surface area contributed by atoms with Crippen LogP contribution in [0, 0.1) is 0 Å². The second-order valence-electron chi connectivity index (χ2n) is 4.91. The van der Waals surface area contributed by atoms with Crippen molar-refractivity contribution in [3.63, 3.8) is 0 Å². The van der Waals surface area contributed by atoms with Gasteiger partial charge < -0.3 is 10.5 Å². The van der Waals surface area contributed by atoms with Crippen LogP contribution in [-0.4, -0.2) is 18.8 Å². The highest BCUT2D eigenvalue weighted by molar-refractivity contribution is 5.09. The number of allylic oxidation sites excluding steroid dienone is 1. The van der Waals surface area contributed by atoms with Crippen molar-refractivity contribution in [1.82, 2.24) is 0 Å². The van der Waals surface area contributed by atoms with E-state index in [0.717, 1.165) is 6.61 Å². The predicted octanol–water partition coefficient (Wildman–Crippen LogP) is 2.77. The highest BCUT2D eigenvalue weighted by atomic mass is 16.5. The molecular weight excluding hydrogens is 186 g/mol. The zero-order valence-corrected chi connectivity index (χ0v) is 9.58. The molecule has 0 amide bonds. The second-order valence-corrected chi connectivity index (χ2v) is 4.91. The number of ether oxygens (including phenoxy) is 1. The van der Waals surface area contributed by atoms with Crippen molar-refractivity contribution in [2.45, 2.75) is 63.5 Å². The third-order valence-corrected chi connectivity index (χ3v) is 3.53. The minimum absolute atomic E-state index is 0.330. The van der Waals surface area contributed by atoms with E-state index < -0.39 is 0 Å². The van der Waals surface area contributed by atoms with Gasteiger partial charge in [-0.2, -0.15) is 0 Å². The van der Waals surface area contributed by atoms with Crippen molar-refractivity contribution in [3.05, 3.63) is 11.6 Å². The summed E-state index contributed by atoms with van der Waals surface area (Å²) in [4.78, 5) is 0. The van der Waals surface area contributed by atoms with Crippen LogP contribution in [0.25, 0.3) is 0 Å². The molecule has 2 rings (SSSR count). The van der Waals surface area contributed by atoms with Crippen LogP contribution in [0.15, 0.2) is 11.6 Å². The lowest BCUT2D eigenvalue weighted by Crippen LogP contribution is -2.20. The van der Waals surface area contributed by atoms with Crippen LogP contribution in [0.5, 0.6) is 0 Å². The average Bonchev–Trinajstić information content (AvgIpc) is 2.71. The zero-order chi connectivity index (χ0) is 10.5. The molecule has 1 saturated heterocycles. The summed E-state index contributed by atoms with van der Waals surface area (Å²) in [6.07, 6.45) is 12.9. The molecule has 86 valence electrons. The molecule has 0 aromatic rings. The van der Waals surface area contributed by atoms with Crippen molar-refractivity contribution in [3.8, 4) is 0 Å². The summed E-state index contributed by atoms with van der Waals surface area (Å²) in [5.41, 5.74) is 7.51. The van der Waals surface area contributed by atoms with E-state index in [9.17, 15) is 0 Å². The zero-order valence-electron chi connectivity index (χ0n) is 9.58. The molecule has 1 fully saturated rings. The summed E-state index contributed by atoms with van der Waals surface area (Å²) in [5.74, 6) is 0. The maximum Gasteiger partial charge on any atom is 0.0576 e. The summed E-state index contributed by atoms with van der Waals surface area (Å²) < 4.78 is 5.62. The summed E-state index contributed by atoms with van der Waals surface area (Å²) in [6.45, 7) is 0.984. The van der Waals surface area contributed by atoms with Gasteiger partial charge >= 0.3 is 0 Å². The summed E-state index contributed by atoms with van der Waals surface area (Å²) in [6, 6.07) is 0.330. The number of hydrogen-bond donors (Lipinski definition) is 1. The fourth-order valence-electron chi connectivity index (χ4n) is 2.67. The van der Waals surface area contributed by atoms with Crippen LogP contribution in [0.4, 0.5) is 0 Å². The first-order chi connectivity index (χ1) is 7.34. The smallest absolute Gasteiger partial charge is 0.0576 e. The molecule has 2 N–H and O–H groups in total. The van der Waals surface area contributed by atoms with E-state index in [2.05, 4.69) is 6.08 Å². The number of nitrogens with two attached hydrogens (primary N) is 1. The van der Waals surface area contributed by atoms with E-state index in [-0.39, 0.29) is 0 Å². The molecule has 0 bridgehead atoms. The molecule has 0 saturated carbocycles. The van der Waals surface area contributed by atoms with Crippen molar-refractivity contribution in [2.24, 2.45) is 5.73 Å². The molecule has 15 heavy (non-hydrogen) atoms. The predicted molar refractivity (Wildman–Crippen MR) is 62.7 cm³/mol. The van der Waals surface area contributed by atoms with Gasteiger partial charge in [-0.1, -0.05) is 11.6 Å². The van der Waals surface area contributed by atoms with E-state index in [4.69, 9.17) is 10.5 Å². The Morgan fingerprint density at radius 3 is 3.00 bits per heavy atom. The van der Waals surface area contributed by atoms with Crippen LogP contribution in [0.3, 0.4) is 0 Å². The van der Waals surface area contributed by atoms with Crippen LogP contribution in [0.1, 0.15) is 51.4 Å². The van der Waals surface area contributed by atoms with E-state index in [0.29, 0.717) is 12.1 Å². The van der Waals surface area contributed by atoms with Gasteiger partial charge in [-0.15, -0.1) is 0 Å². The topological polar surface area (TPSA) is 35.2 Å². The van der Waals surface area contributed by atoms with Gasteiger partial charge in [0.25, 0.3) is 0 Å². The molecule has 0 aromatic heterocycles. The highest BCUT2D eigenvalue weighted by Gasteiger charge is 2.15. The van der Waals surface area contributed by atoms with E-state index in [1.54, 1.807) is 5.57 Å². The minimum Gasteiger partial charge on any atom is -0.378 e. The second kappa shape index (κ2) is 5.66. The Bertz CT molecular complexity index is 219. The lowest BCUT2D eigenvalue weighted by molar-refractivity contribution is 0.102. The van der Waals surface area contributed by atoms with Crippen molar-refractivity contribution < 1.29 is 4.74 Å². The Kier molecular flexibility index (Phi) is 4.21. The average molecular weight is 209 g/mol. The third-order valence-electron chi connectivity index (χ3n) is 3.53. The fraction of sp³-hybridized carbons (Fsp3) is 0.846. The fourth-order valence-corrected chi connectivity index (χ4v) is 2.67. The molecule has 2 nitrogen and oxygen atoms in total. The van der Waals surface area contributed by atoms with Crippen molar-refractivity contribution >= 4 is 0 Å². The summed E-state index contributed by atoms with van der Waals surface area (Å²) in [5, 5.41) is 0. The molecule has 1 aliphatic heterocycles. The largest absolute Gasteiger partial charge is 0.378 e. The molecule has 2 unspecified atom stereocenters. The molecule has 2 atom stereocenters. The first-order valence-electron chi connectivity index (χ1n) is 6.41. The van der Waals surface area contributed by atoms with Gasteiger partial charge in [0.05, 0.1) is 6.10 Å². The van der Waals surface area contributed by atoms with Gasteiger partial charge in [0, 0.05) is 12.6 Å². The molecule has 1 heterocycles. The Morgan fingerprint density at radius 2 is 2.27 bits per heavy atom. The minimum atomic E-state index is 0.330. The molecule has 2 aliphatic rings. The van der Waals surface area contributed by atoms with Gasteiger partial charge in [0.2, 0.25) is 0 Å². The quantitative estimate of drug-likeness (QED) is 0.723. The molecule has 1 aliphatic carbocycles. The van der Waals surface area contributed by atoms with E-state index in [1.807, 2.05) is 0 Å². The Morgan fingerprint density at radius 1 is 1.33 bits per heavy atom. The molecule has 0 aromatic carbocycles. The Hall–Kier alpha value is -0.340. The van der Waals surface area contributed by atoms with Crippen molar-refractivity contribution in [2.75, 3.05) is 6.61 Å². The number of hydrogen-bond acceptors (Lipinski definition) is 2. The van der Waals surface area contributed by atoms with Gasteiger partial charge in [-0.3, -0.25) is 0 Å². The van der Waals surface area contributed by atoms with Crippen LogP contribution in [-0.2, 0) is 4.74 Å². The summed E-state index contributed by atoms with van der Waals surface area (Å²) >= 11 is 0. The third kappa shape index (κ3) is 3.62. The molecule has 2 heteroatoms. The lowest BCUT2D eigenvalue weighted by atomic mass is 9.92. The normalized spacial score (nSPS) is 31.7.